The molecule has 0 N–H and O–H groups in total. The monoisotopic (exact) mass is 361 g/mol. The predicted molar refractivity (Wildman–Crippen MR) is 96.3 cm³/mol. The maximum absolute atomic E-state index is 13.7. The lowest BCUT2D eigenvalue weighted by molar-refractivity contribution is 0.0809. The molecule has 2 heterocycles. The zero-order valence-corrected chi connectivity index (χ0v) is 14.9. The summed E-state index contributed by atoms with van der Waals surface area (Å²) in [5.74, 6) is -0.0693. The molecule has 5 nitrogen and oxygen atoms in total. The fraction of sp³-hybridized carbons (Fsp3) is 0.238. The third-order valence-electron chi connectivity index (χ3n) is 4.90. The summed E-state index contributed by atoms with van der Waals surface area (Å²) >= 11 is 0. The second kappa shape index (κ2) is 6.13. The number of pyridine rings is 1. The molecule has 0 spiro atoms. The van der Waals surface area contributed by atoms with E-state index in [1.165, 1.54) is 12.1 Å². The molecule has 0 saturated heterocycles. The topological polar surface area (TPSA) is 79.8 Å². The average Bonchev–Trinajstić information content (AvgIpc) is 3.14. The van der Waals surface area contributed by atoms with Gasteiger partial charge in [0.15, 0.2) is 11.5 Å². The van der Waals surface area contributed by atoms with Crippen molar-refractivity contribution in [3.8, 4) is 28.8 Å². The second-order valence-corrected chi connectivity index (χ2v) is 7.32. The fourth-order valence-electron chi connectivity index (χ4n) is 3.28. The first-order valence-corrected chi connectivity index (χ1v) is 8.60. The number of aryl methyl sites for hydroxylation is 1. The highest BCUT2D eigenvalue weighted by Crippen LogP contribution is 2.35. The number of rotatable bonds is 2. The molecule has 27 heavy (non-hydrogen) atoms. The van der Waals surface area contributed by atoms with Crippen LogP contribution in [0.5, 0.6) is 0 Å². The summed E-state index contributed by atoms with van der Waals surface area (Å²) < 4.78 is 19.0. The molecule has 3 aromatic rings. The van der Waals surface area contributed by atoms with Gasteiger partial charge in [0.05, 0.1) is 23.0 Å². The fourth-order valence-corrected chi connectivity index (χ4v) is 3.28. The molecule has 134 valence electrons. The Morgan fingerprint density at radius 3 is 2.78 bits per heavy atom. The molecular formula is C21H16FN3O2. The van der Waals surface area contributed by atoms with Crippen LogP contribution in [0.3, 0.4) is 0 Å². The van der Waals surface area contributed by atoms with Gasteiger partial charge in [0.2, 0.25) is 0 Å². The third kappa shape index (κ3) is 3.02. The summed E-state index contributed by atoms with van der Waals surface area (Å²) in [4.78, 5) is 17.1. The number of ketones is 1. The molecule has 0 bridgehead atoms. The Morgan fingerprint density at radius 2 is 2.00 bits per heavy atom. The van der Waals surface area contributed by atoms with Crippen LogP contribution in [0.4, 0.5) is 4.39 Å². The van der Waals surface area contributed by atoms with Crippen LogP contribution < -0.4 is 0 Å². The number of Topliss-reactive ketones (excluding diaryl/α,β-unsaturated/α-hetero) is 1. The van der Waals surface area contributed by atoms with E-state index in [2.05, 4.69) is 10.1 Å². The molecule has 6 heteroatoms. The molecule has 0 fully saturated rings. The van der Waals surface area contributed by atoms with Crippen LogP contribution in [0.15, 0.2) is 40.9 Å². The zero-order valence-electron chi connectivity index (χ0n) is 14.9. The van der Waals surface area contributed by atoms with Crippen LogP contribution in [-0.2, 0) is 6.42 Å². The lowest BCUT2D eigenvalue weighted by atomic mass is 9.75. The zero-order chi connectivity index (χ0) is 19.2. The lowest BCUT2D eigenvalue weighted by Crippen LogP contribution is -2.31. The largest absolute Gasteiger partial charge is 0.356 e. The van der Waals surface area contributed by atoms with Crippen molar-refractivity contribution in [3.05, 3.63) is 59.0 Å². The van der Waals surface area contributed by atoms with Gasteiger partial charge in [-0.05, 0) is 43.2 Å². The molecule has 4 rings (SSSR count). The van der Waals surface area contributed by atoms with Gasteiger partial charge in [-0.3, -0.25) is 9.78 Å². The van der Waals surface area contributed by atoms with Crippen LogP contribution in [0.25, 0.3) is 22.7 Å². The number of aromatic nitrogens is 2. The van der Waals surface area contributed by atoms with E-state index in [0.717, 1.165) is 24.6 Å². The number of halogens is 1. The maximum atomic E-state index is 13.7. The molecule has 1 aromatic carbocycles. The summed E-state index contributed by atoms with van der Waals surface area (Å²) in [6, 6.07) is 11.1. The van der Waals surface area contributed by atoms with Crippen molar-refractivity contribution in [3.63, 3.8) is 0 Å². The number of carbonyl (C=O) groups is 1. The molecular weight excluding hydrogens is 345 g/mol. The number of hydrogen-bond donors (Lipinski definition) is 0. The van der Waals surface area contributed by atoms with Crippen molar-refractivity contribution in [2.24, 2.45) is 5.41 Å². The Balaban J connectivity index is 1.70. The van der Waals surface area contributed by atoms with Crippen LogP contribution in [0, 0.1) is 22.6 Å². The highest BCUT2D eigenvalue weighted by atomic mass is 19.1. The van der Waals surface area contributed by atoms with Gasteiger partial charge >= 0.3 is 0 Å². The molecule has 0 radical (unpaired) electrons. The van der Waals surface area contributed by atoms with Gasteiger partial charge in [-0.2, -0.15) is 5.26 Å². The highest BCUT2D eigenvalue weighted by Gasteiger charge is 2.35. The van der Waals surface area contributed by atoms with Crippen LogP contribution >= 0.6 is 0 Å². The summed E-state index contributed by atoms with van der Waals surface area (Å²) in [7, 11) is 0. The SMILES string of the molecule is CC1(C)CCc2nc(-c3cc(-c4cc(F)cc(C#N)c4)on3)ccc2C1=O. The van der Waals surface area contributed by atoms with Crippen molar-refractivity contribution in [2.45, 2.75) is 26.7 Å². The van der Waals surface area contributed by atoms with E-state index >= 15 is 0 Å². The van der Waals surface area contributed by atoms with Gasteiger partial charge in [-0.1, -0.05) is 19.0 Å². The number of nitriles is 1. The van der Waals surface area contributed by atoms with E-state index in [1.54, 1.807) is 18.2 Å². The maximum Gasteiger partial charge on any atom is 0.170 e. The van der Waals surface area contributed by atoms with Crippen LogP contribution in [0.1, 0.15) is 41.9 Å². The molecule has 0 atom stereocenters. The van der Waals surface area contributed by atoms with Gasteiger partial charge in [-0.25, -0.2) is 4.39 Å². The van der Waals surface area contributed by atoms with E-state index < -0.39 is 5.82 Å². The van der Waals surface area contributed by atoms with E-state index in [9.17, 15) is 9.18 Å². The molecule has 0 saturated carbocycles. The molecule has 1 aliphatic carbocycles. The number of fused-ring (bicyclic) bond motifs is 1. The smallest absolute Gasteiger partial charge is 0.170 e. The lowest BCUT2D eigenvalue weighted by Gasteiger charge is -2.28. The Morgan fingerprint density at radius 1 is 1.19 bits per heavy atom. The van der Waals surface area contributed by atoms with Gasteiger partial charge < -0.3 is 4.52 Å². The van der Waals surface area contributed by atoms with E-state index in [0.29, 0.717) is 28.3 Å². The summed E-state index contributed by atoms with van der Waals surface area (Å²) in [5.41, 5.74) is 2.77. The second-order valence-electron chi connectivity index (χ2n) is 7.32. The summed E-state index contributed by atoms with van der Waals surface area (Å²) in [5, 5.41) is 13.0. The average molecular weight is 361 g/mol. The van der Waals surface area contributed by atoms with Gasteiger partial charge in [0.1, 0.15) is 11.5 Å². The van der Waals surface area contributed by atoms with Crippen LogP contribution in [-0.4, -0.2) is 15.9 Å². The summed E-state index contributed by atoms with van der Waals surface area (Å²) in [6.45, 7) is 3.90. The normalized spacial score (nSPS) is 15.3. The minimum absolute atomic E-state index is 0.104. The van der Waals surface area contributed by atoms with Gasteiger partial charge in [0, 0.05) is 22.6 Å². The van der Waals surface area contributed by atoms with Gasteiger partial charge in [-0.15, -0.1) is 0 Å². The van der Waals surface area contributed by atoms with Crippen molar-refractivity contribution in [1.82, 2.24) is 10.1 Å². The highest BCUT2D eigenvalue weighted by molar-refractivity contribution is 6.02. The minimum Gasteiger partial charge on any atom is -0.356 e. The van der Waals surface area contributed by atoms with Gasteiger partial charge in [0.25, 0.3) is 0 Å². The quantitative estimate of drug-likeness (QED) is 0.668. The first-order chi connectivity index (χ1) is 12.9. The molecule has 0 amide bonds. The Labute approximate surface area is 155 Å². The molecule has 0 unspecified atom stereocenters. The Hall–Kier alpha value is -3.33. The predicted octanol–water partition coefficient (Wildman–Crippen LogP) is 4.57. The van der Waals surface area contributed by atoms with Crippen molar-refractivity contribution < 1.29 is 13.7 Å². The van der Waals surface area contributed by atoms with E-state index in [1.807, 2.05) is 19.9 Å². The number of nitrogens with zero attached hydrogens (tertiary/aromatic N) is 3. The molecule has 1 aliphatic rings. The van der Waals surface area contributed by atoms with E-state index in [4.69, 9.17) is 9.78 Å². The van der Waals surface area contributed by atoms with Crippen molar-refractivity contribution in [2.75, 3.05) is 0 Å². The minimum atomic E-state index is -0.518. The summed E-state index contributed by atoms with van der Waals surface area (Å²) in [6.07, 6.45) is 1.47. The van der Waals surface area contributed by atoms with E-state index in [-0.39, 0.29) is 16.8 Å². The first-order valence-electron chi connectivity index (χ1n) is 8.60. The Bertz CT molecular complexity index is 1110. The molecule has 2 aromatic heterocycles. The van der Waals surface area contributed by atoms with Crippen LogP contribution in [0.2, 0.25) is 0 Å². The van der Waals surface area contributed by atoms with Crippen molar-refractivity contribution >= 4 is 5.78 Å². The third-order valence-corrected chi connectivity index (χ3v) is 4.90. The number of carbonyl (C=O) groups excluding carboxylic acids is 1. The molecule has 0 aliphatic heterocycles. The van der Waals surface area contributed by atoms with Crippen molar-refractivity contribution in [1.29, 1.82) is 5.26 Å². The number of benzene rings is 1. The number of hydrogen-bond acceptors (Lipinski definition) is 5. The Kier molecular flexibility index (Phi) is 3.88. The first kappa shape index (κ1) is 17.1. The standard InChI is InChI=1S/C21H16FN3O2/c1-21(2)6-5-16-15(20(21)26)3-4-17(24-16)18-10-19(27-25-18)13-7-12(11-23)8-14(22)9-13/h3-4,7-10H,5-6H2,1-2H3.